The van der Waals surface area contributed by atoms with Crippen molar-refractivity contribution in [2.24, 2.45) is 7.05 Å². The number of phenolic OH excluding ortho intramolecular Hbond substituents is 1. The van der Waals surface area contributed by atoms with E-state index in [4.69, 9.17) is 14.2 Å². The Balaban J connectivity index is 1.29. The number of nitrogens with one attached hydrogen (secondary N) is 2. The number of aromatic hydroxyl groups is 1. The average Bonchev–Trinajstić information content (AvgIpc) is 3.41. The number of carbonyl (C=O) groups excluding carboxylic acids is 4. The molecule has 1 fully saturated rings. The van der Waals surface area contributed by atoms with Crippen LogP contribution in [0.2, 0.25) is 0 Å². The van der Waals surface area contributed by atoms with Crippen molar-refractivity contribution < 1.29 is 53.8 Å². The number of hydrogen-bond donors (Lipinski definition) is 6. The maximum absolute atomic E-state index is 14.0. The minimum Gasteiger partial charge on any atom is -0.507 e. The van der Waals surface area contributed by atoms with Gasteiger partial charge in [0.05, 0.1) is 42.2 Å². The van der Waals surface area contributed by atoms with E-state index < -0.39 is 72.4 Å². The Hall–Kier alpha value is -4.44. The quantitative estimate of drug-likeness (QED) is 0.140. The lowest BCUT2D eigenvalue weighted by Crippen LogP contribution is -2.55. The Bertz CT molecular complexity index is 1900. The number of methoxy groups -OCH3 is 1. The fourth-order valence-corrected chi connectivity index (χ4v) is 7.51. The summed E-state index contributed by atoms with van der Waals surface area (Å²) in [4.78, 5) is 53.4. The fourth-order valence-electron chi connectivity index (χ4n) is 7.51. The molecule has 272 valence electrons. The van der Waals surface area contributed by atoms with Crippen molar-refractivity contribution in [2.45, 2.75) is 82.7 Å². The molecule has 0 radical (unpaired) electrons. The van der Waals surface area contributed by atoms with E-state index in [2.05, 4.69) is 10.6 Å². The van der Waals surface area contributed by atoms with Gasteiger partial charge in [-0.2, -0.15) is 0 Å². The molecule has 6 N–H and O–H groups in total. The van der Waals surface area contributed by atoms with Crippen LogP contribution >= 0.6 is 0 Å². The zero-order valence-electron chi connectivity index (χ0n) is 29.1. The second kappa shape index (κ2) is 13.9. The van der Waals surface area contributed by atoms with Crippen molar-refractivity contribution in [1.29, 1.82) is 0 Å². The van der Waals surface area contributed by atoms with Crippen LogP contribution in [0.5, 0.6) is 11.5 Å². The standard InChI is InChI=1S/C37H43N3O11/c1-17-11-20(15-40(17)4)39-27(43)9-10-38-23-12-28(50-19(3)33(23)44)51-25-14-37(48,26(42)16-41)13-22-18(2)29-32(36(47)31(22)25)35(46)30-21(34(29)45)7-6-8-24(30)49-5/h6-8,11,15,19,23,25,28,33,38,41,44,47-48H,9-10,12-14,16H2,1-5H3,(H,39,43)/t19-,23-,25-,28?,33+,37-/m0/s1. The van der Waals surface area contributed by atoms with E-state index >= 15 is 0 Å². The van der Waals surface area contributed by atoms with Crippen LogP contribution in [0.1, 0.15) is 86.5 Å². The number of Topliss-reactive ketones (excluding diaryl/α,β-unsaturated/α-hetero) is 1. The van der Waals surface area contributed by atoms with Crippen LogP contribution in [0.3, 0.4) is 0 Å². The number of rotatable bonds is 10. The van der Waals surface area contributed by atoms with Crippen LogP contribution in [-0.2, 0) is 32.5 Å². The normalized spacial score (nSPS) is 25.5. The van der Waals surface area contributed by atoms with Gasteiger partial charge in [-0.25, -0.2) is 0 Å². The van der Waals surface area contributed by atoms with E-state index in [9.17, 15) is 39.6 Å². The highest BCUT2D eigenvalue weighted by Gasteiger charge is 2.49. The van der Waals surface area contributed by atoms with Crippen LogP contribution in [0.4, 0.5) is 5.69 Å². The largest absolute Gasteiger partial charge is 0.507 e. The molecule has 3 aromatic rings. The number of ether oxygens (including phenoxy) is 3. The topological polar surface area (TPSA) is 206 Å². The minimum absolute atomic E-state index is 0.00676. The number of carbonyl (C=O) groups is 4. The molecule has 1 amide bonds. The van der Waals surface area contributed by atoms with Gasteiger partial charge in [-0.3, -0.25) is 19.2 Å². The van der Waals surface area contributed by atoms with Crippen LogP contribution in [0.15, 0.2) is 30.5 Å². The van der Waals surface area contributed by atoms with Crippen molar-refractivity contribution in [3.63, 3.8) is 0 Å². The minimum atomic E-state index is -2.14. The second-order valence-electron chi connectivity index (χ2n) is 13.6. The SMILES string of the molecule is COc1cccc2c1C(=O)c1c(O)c3c(c(C)c1C2=O)C[C@@](O)(C(=O)CO)C[C@@H]3OC1C[C@H](NCCC(=O)Nc2cc(C)n(C)c2)[C@H](O)[C@H](C)O1. The number of aliphatic hydroxyl groups is 3. The highest BCUT2D eigenvalue weighted by atomic mass is 16.7. The van der Waals surface area contributed by atoms with E-state index in [0.717, 1.165) is 5.69 Å². The van der Waals surface area contributed by atoms with E-state index in [1.54, 1.807) is 26.0 Å². The Morgan fingerprint density at radius 2 is 1.88 bits per heavy atom. The molecule has 2 aromatic carbocycles. The van der Waals surface area contributed by atoms with Gasteiger partial charge >= 0.3 is 0 Å². The van der Waals surface area contributed by atoms with Gasteiger partial charge in [-0.1, -0.05) is 12.1 Å². The summed E-state index contributed by atoms with van der Waals surface area (Å²) in [7, 11) is 3.25. The predicted molar refractivity (Wildman–Crippen MR) is 182 cm³/mol. The number of phenols is 1. The lowest BCUT2D eigenvalue weighted by Gasteiger charge is -2.43. The first kappa shape index (κ1) is 36.4. The summed E-state index contributed by atoms with van der Waals surface area (Å²) in [5, 5.41) is 50.2. The van der Waals surface area contributed by atoms with E-state index in [0.29, 0.717) is 5.69 Å². The van der Waals surface area contributed by atoms with Gasteiger partial charge in [0.15, 0.2) is 17.9 Å². The molecular weight excluding hydrogens is 662 g/mol. The molecule has 6 rings (SSSR count). The lowest BCUT2D eigenvalue weighted by atomic mass is 9.70. The zero-order valence-corrected chi connectivity index (χ0v) is 29.1. The molecule has 2 aliphatic carbocycles. The van der Waals surface area contributed by atoms with E-state index in [1.807, 2.05) is 30.8 Å². The summed E-state index contributed by atoms with van der Waals surface area (Å²) in [5.41, 5.74) is -0.0470. The molecule has 1 aromatic heterocycles. The second-order valence-corrected chi connectivity index (χ2v) is 13.6. The Kier molecular flexibility index (Phi) is 9.94. The molecule has 0 bridgehead atoms. The monoisotopic (exact) mass is 705 g/mol. The average molecular weight is 706 g/mol. The van der Waals surface area contributed by atoms with Gasteiger partial charge in [0.2, 0.25) is 11.7 Å². The number of aromatic nitrogens is 1. The number of amides is 1. The number of benzene rings is 2. The van der Waals surface area contributed by atoms with Crippen LogP contribution < -0.4 is 15.4 Å². The van der Waals surface area contributed by atoms with Gasteiger partial charge < -0.3 is 49.8 Å². The lowest BCUT2D eigenvalue weighted by molar-refractivity contribution is -0.249. The maximum Gasteiger partial charge on any atom is 0.225 e. The van der Waals surface area contributed by atoms with Crippen LogP contribution in [0, 0.1) is 13.8 Å². The highest BCUT2D eigenvalue weighted by Crippen LogP contribution is 2.50. The highest BCUT2D eigenvalue weighted by molar-refractivity contribution is 6.31. The number of hydrogen-bond acceptors (Lipinski definition) is 12. The Morgan fingerprint density at radius 1 is 1.14 bits per heavy atom. The maximum atomic E-state index is 14.0. The Labute approximate surface area is 294 Å². The summed E-state index contributed by atoms with van der Waals surface area (Å²) in [6.45, 7) is 4.40. The fraction of sp³-hybridized carbons (Fsp3) is 0.459. The smallest absolute Gasteiger partial charge is 0.225 e. The van der Waals surface area contributed by atoms with Gasteiger partial charge in [-0.05, 0) is 44.0 Å². The first-order valence-corrected chi connectivity index (χ1v) is 16.8. The molecule has 1 unspecified atom stereocenters. The van der Waals surface area contributed by atoms with Gasteiger partial charge in [-0.15, -0.1) is 0 Å². The summed E-state index contributed by atoms with van der Waals surface area (Å²) < 4.78 is 19.7. The predicted octanol–water partition coefficient (Wildman–Crippen LogP) is 1.91. The first-order valence-electron chi connectivity index (χ1n) is 16.8. The van der Waals surface area contributed by atoms with Gasteiger partial charge in [0.1, 0.15) is 23.7 Å². The van der Waals surface area contributed by atoms with Crippen molar-refractivity contribution in [3.05, 3.63) is 75.1 Å². The molecule has 51 heavy (non-hydrogen) atoms. The van der Waals surface area contributed by atoms with Gasteiger partial charge in [0.25, 0.3) is 0 Å². The van der Waals surface area contributed by atoms with Crippen molar-refractivity contribution >= 4 is 28.9 Å². The summed E-state index contributed by atoms with van der Waals surface area (Å²) in [6, 6.07) is 5.88. The van der Waals surface area contributed by atoms with E-state index in [-0.39, 0.29) is 76.4 Å². The molecule has 0 spiro atoms. The zero-order chi connectivity index (χ0) is 36.9. The third-order valence-corrected chi connectivity index (χ3v) is 10.4. The molecule has 6 atom stereocenters. The molecule has 1 saturated heterocycles. The molecule has 1 aliphatic heterocycles. The number of ketones is 3. The number of aliphatic hydroxyl groups excluding tert-OH is 2. The van der Waals surface area contributed by atoms with Crippen molar-refractivity contribution in [1.82, 2.24) is 9.88 Å². The van der Waals surface area contributed by atoms with Crippen molar-refractivity contribution in [3.8, 4) is 11.5 Å². The molecule has 14 nitrogen and oxygen atoms in total. The third-order valence-electron chi connectivity index (χ3n) is 10.4. The molecule has 3 aliphatic rings. The molecule has 0 saturated carbocycles. The Morgan fingerprint density at radius 3 is 2.55 bits per heavy atom. The van der Waals surface area contributed by atoms with Crippen molar-refractivity contribution in [2.75, 3.05) is 25.6 Å². The molecule has 14 heteroatoms. The van der Waals surface area contributed by atoms with E-state index in [1.165, 1.54) is 13.2 Å². The van der Waals surface area contributed by atoms with Crippen LogP contribution in [-0.4, -0.2) is 98.7 Å². The molecular formula is C37H43N3O11. The number of fused-ring (bicyclic) bond motifs is 3. The van der Waals surface area contributed by atoms with Crippen LogP contribution in [0.25, 0.3) is 0 Å². The first-order chi connectivity index (χ1) is 24.2. The summed E-state index contributed by atoms with van der Waals surface area (Å²) in [6.07, 6.45) is -2.75. The van der Waals surface area contributed by atoms with Gasteiger partial charge in [0, 0.05) is 73.9 Å². The molecule has 2 heterocycles. The number of anilines is 1. The summed E-state index contributed by atoms with van der Waals surface area (Å²) in [5.74, 6) is -2.63. The number of nitrogens with zero attached hydrogens (tertiary/aromatic N) is 1. The number of aryl methyl sites for hydroxylation is 2. The third kappa shape index (κ3) is 6.47. The summed E-state index contributed by atoms with van der Waals surface area (Å²) >= 11 is 0.